The van der Waals surface area contributed by atoms with Gasteiger partial charge in [0.05, 0.1) is 6.61 Å². The molecule has 1 heterocycles. The number of anilines is 4. The summed E-state index contributed by atoms with van der Waals surface area (Å²) in [7, 11) is 0. The second-order valence-electron chi connectivity index (χ2n) is 6.21. The molecular weight excluding hydrogens is 381 g/mol. The predicted molar refractivity (Wildman–Crippen MR) is 107 cm³/mol. The number of aromatic nitrogens is 2. The highest BCUT2D eigenvalue weighted by Crippen LogP contribution is 2.35. The van der Waals surface area contributed by atoms with Crippen LogP contribution in [0, 0.1) is 0 Å². The summed E-state index contributed by atoms with van der Waals surface area (Å²) in [5.74, 6) is 0.370. The standard InChI is InChI=1S/C21H21F3N4O/c1-3-14-5-7-16(8-6-14)27-20-25-13-18(21(22,23)24)19(28-20)26-15-9-11-17(12-10-15)29-4-2/h5-13H,3-4H2,1-2H3,(H2,25,26,27,28). The summed E-state index contributed by atoms with van der Waals surface area (Å²) in [4.78, 5) is 7.87. The van der Waals surface area contributed by atoms with Crippen LogP contribution in [0.1, 0.15) is 25.0 Å². The van der Waals surface area contributed by atoms with Crippen molar-refractivity contribution in [3.05, 3.63) is 65.9 Å². The largest absolute Gasteiger partial charge is 0.494 e. The third-order valence-corrected chi connectivity index (χ3v) is 4.14. The summed E-state index contributed by atoms with van der Waals surface area (Å²) in [5.41, 5.74) is 1.35. The van der Waals surface area contributed by atoms with E-state index in [9.17, 15) is 13.2 Å². The molecule has 0 aliphatic rings. The lowest BCUT2D eigenvalue weighted by Crippen LogP contribution is -2.12. The van der Waals surface area contributed by atoms with E-state index in [1.165, 1.54) is 0 Å². The van der Waals surface area contributed by atoms with E-state index in [1.807, 2.05) is 38.1 Å². The summed E-state index contributed by atoms with van der Waals surface area (Å²) < 4.78 is 45.5. The Morgan fingerprint density at radius 2 is 1.52 bits per heavy atom. The first-order chi connectivity index (χ1) is 13.9. The van der Waals surface area contributed by atoms with E-state index < -0.39 is 11.7 Å². The van der Waals surface area contributed by atoms with Crippen LogP contribution in [0.3, 0.4) is 0 Å². The molecule has 0 radical (unpaired) electrons. The molecule has 0 atom stereocenters. The van der Waals surface area contributed by atoms with Gasteiger partial charge in [-0.05, 0) is 55.3 Å². The molecule has 0 bridgehead atoms. The van der Waals surface area contributed by atoms with Crippen molar-refractivity contribution >= 4 is 23.1 Å². The van der Waals surface area contributed by atoms with Gasteiger partial charge in [-0.1, -0.05) is 19.1 Å². The zero-order chi connectivity index (χ0) is 20.9. The molecule has 0 aliphatic heterocycles. The Balaban J connectivity index is 1.87. The molecule has 3 rings (SSSR count). The van der Waals surface area contributed by atoms with Crippen LogP contribution >= 0.6 is 0 Å². The van der Waals surface area contributed by atoms with Crippen molar-refractivity contribution in [1.29, 1.82) is 0 Å². The van der Waals surface area contributed by atoms with Crippen LogP contribution in [-0.2, 0) is 12.6 Å². The van der Waals surface area contributed by atoms with E-state index in [-0.39, 0.29) is 11.8 Å². The lowest BCUT2D eigenvalue weighted by atomic mass is 10.1. The molecule has 0 unspecified atom stereocenters. The minimum Gasteiger partial charge on any atom is -0.494 e. The Kier molecular flexibility index (Phi) is 6.21. The maximum Gasteiger partial charge on any atom is 0.421 e. The number of rotatable bonds is 7. The van der Waals surface area contributed by atoms with E-state index in [0.29, 0.717) is 23.7 Å². The van der Waals surface area contributed by atoms with Crippen molar-refractivity contribution in [3.63, 3.8) is 0 Å². The molecule has 0 amide bonds. The number of aryl methyl sites for hydroxylation is 1. The molecule has 1 aromatic heterocycles. The lowest BCUT2D eigenvalue weighted by Gasteiger charge is -2.15. The zero-order valence-electron chi connectivity index (χ0n) is 16.0. The van der Waals surface area contributed by atoms with Crippen molar-refractivity contribution in [1.82, 2.24) is 9.97 Å². The van der Waals surface area contributed by atoms with Crippen LogP contribution in [0.4, 0.5) is 36.3 Å². The first-order valence-corrected chi connectivity index (χ1v) is 9.19. The molecule has 2 N–H and O–H groups in total. The number of hydrogen-bond donors (Lipinski definition) is 2. The highest BCUT2D eigenvalue weighted by atomic mass is 19.4. The molecule has 0 fully saturated rings. The number of hydrogen-bond acceptors (Lipinski definition) is 5. The topological polar surface area (TPSA) is 59.1 Å². The van der Waals surface area contributed by atoms with Crippen LogP contribution in [0.2, 0.25) is 0 Å². The summed E-state index contributed by atoms with van der Waals surface area (Å²) in [6.07, 6.45) is -2.92. The number of nitrogens with one attached hydrogen (secondary N) is 2. The smallest absolute Gasteiger partial charge is 0.421 e. The first kappa shape index (κ1) is 20.4. The summed E-state index contributed by atoms with van der Waals surface area (Å²) in [6, 6.07) is 14.1. The molecule has 29 heavy (non-hydrogen) atoms. The number of nitrogens with zero attached hydrogens (tertiary/aromatic N) is 2. The Labute approximate surface area is 167 Å². The number of halogens is 3. The molecule has 0 saturated heterocycles. The Morgan fingerprint density at radius 3 is 2.10 bits per heavy atom. The maximum atomic E-state index is 13.4. The zero-order valence-corrected chi connectivity index (χ0v) is 16.0. The van der Waals surface area contributed by atoms with E-state index in [4.69, 9.17) is 4.74 Å². The normalized spacial score (nSPS) is 11.2. The van der Waals surface area contributed by atoms with Gasteiger partial charge in [0.1, 0.15) is 17.1 Å². The summed E-state index contributed by atoms with van der Waals surface area (Å²) in [5, 5.41) is 5.66. The van der Waals surface area contributed by atoms with Gasteiger partial charge in [0.25, 0.3) is 0 Å². The lowest BCUT2D eigenvalue weighted by molar-refractivity contribution is -0.137. The predicted octanol–water partition coefficient (Wildman–Crippen LogP) is 5.94. The third-order valence-electron chi connectivity index (χ3n) is 4.14. The van der Waals surface area contributed by atoms with Gasteiger partial charge in [-0.25, -0.2) is 4.98 Å². The van der Waals surface area contributed by atoms with Gasteiger partial charge in [-0.15, -0.1) is 0 Å². The fourth-order valence-electron chi connectivity index (χ4n) is 2.64. The third kappa shape index (κ3) is 5.37. The van der Waals surface area contributed by atoms with Gasteiger partial charge in [-0.3, -0.25) is 0 Å². The summed E-state index contributed by atoms with van der Waals surface area (Å²) in [6.45, 7) is 4.40. The Bertz CT molecular complexity index is 942. The molecule has 152 valence electrons. The number of alkyl halides is 3. The quantitative estimate of drug-likeness (QED) is 0.512. The molecule has 2 aromatic carbocycles. The Hall–Kier alpha value is -3.29. The van der Waals surface area contributed by atoms with E-state index in [1.54, 1.807) is 24.3 Å². The van der Waals surface area contributed by atoms with Crippen molar-refractivity contribution in [3.8, 4) is 5.75 Å². The number of ether oxygens (including phenoxy) is 1. The van der Waals surface area contributed by atoms with E-state index >= 15 is 0 Å². The van der Waals surface area contributed by atoms with Gasteiger partial charge < -0.3 is 15.4 Å². The summed E-state index contributed by atoms with van der Waals surface area (Å²) >= 11 is 0. The van der Waals surface area contributed by atoms with Crippen LogP contribution in [0.25, 0.3) is 0 Å². The van der Waals surface area contributed by atoms with Gasteiger partial charge in [-0.2, -0.15) is 18.2 Å². The molecular formula is C21H21F3N4O. The average Bonchev–Trinajstić information content (AvgIpc) is 2.69. The monoisotopic (exact) mass is 402 g/mol. The number of benzene rings is 2. The Morgan fingerprint density at radius 1 is 0.897 bits per heavy atom. The highest BCUT2D eigenvalue weighted by Gasteiger charge is 2.35. The van der Waals surface area contributed by atoms with Crippen LogP contribution in [0.5, 0.6) is 5.75 Å². The second-order valence-corrected chi connectivity index (χ2v) is 6.21. The molecule has 3 aromatic rings. The fraction of sp³-hybridized carbons (Fsp3) is 0.238. The molecule has 5 nitrogen and oxygen atoms in total. The van der Waals surface area contributed by atoms with Crippen LogP contribution < -0.4 is 15.4 Å². The van der Waals surface area contributed by atoms with E-state index in [2.05, 4.69) is 20.6 Å². The van der Waals surface area contributed by atoms with Crippen molar-refractivity contribution in [2.24, 2.45) is 0 Å². The van der Waals surface area contributed by atoms with Crippen molar-refractivity contribution < 1.29 is 17.9 Å². The van der Waals surface area contributed by atoms with Crippen molar-refractivity contribution in [2.45, 2.75) is 26.4 Å². The van der Waals surface area contributed by atoms with E-state index in [0.717, 1.165) is 18.2 Å². The van der Waals surface area contributed by atoms with Gasteiger partial charge >= 0.3 is 6.18 Å². The minimum absolute atomic E-state index is 0.0654. The molecule has 0 saturated carbocycles. The van der Waals surface area contributed by atoms with Crippen LogP contribution in [-0.4, -0.2) is 16.6 Å². The second kappa shape index (κ2) is 8.81. The first-order valence-electron chi connectivity index (χ1n) is 9.19. The molecule has 0 spiro atoms. The van der Waals surface area contributed by atoms with Gasteiger partial charge in [0, 0.05) is 17.6 Å². The SMILES string of the molecule is CCOc1ccc(Nc2nc(Nc3ccc(CC)cc3)ncc2C(F)(F)F)cc1. The molecule has 0 aliphatic carbocycles. The average molecular weight is 402 g/mol. The molecule has 8 heteroatoms. The van der Waals surface area contributed by atoms with Gasteiger partial charge in [0.2, 0.25) is 5.95 Å². The fourth-order valence-corrected chi connectivity index (χ4v) is 2.64. The van der Waals surface area contributed by atoms with Crippen LogP contribution in [0.15, 0.2) is 54.7 Å². The van der Waals surface area contributed by atoms with Crippen molar-refractivity contribution in [2.75, 3.05) is 17.2 Å². The maximum absolute atomic E-state index is 13.4. The minimum atomic E-state index is -4.59. The highest BCUT2D eigenvalue weighted by molar-refractivity contribution is 5.63. The van der Waals surface area contributed by atoms with Gasteiger partial charge in [0.15, 0.2) is 0 Å².